The fourth-order valence-corrected chi connectivity index (χ4v) is 2.07. The van der Waals surface area contributed by atoms with E-state index in [1.807, 2.05) is 0 Å². The zero-order valence-electron chi connectivity index (χ0n) is 9.84. The lowest BCUT2D eigenvalue weighted by atomic mass is 10.1. The van der Waals surface area contributed by atoms with E-state index in [9.17, 15) is 0 Å². The Morgan fingerprint density at radius 1 is 1.29 bits per heavy atom. The first-order valence-corrected chi connectivity index (χ1v) is 6.21. The van der Waals surface area contributed by atoms with E-state index in [4.69, 9.17) is 5.73 Å². The van der Waals surface area contributed by atoms with Crippen molar-refractivity contribution >= 4 is 0 Å². The van der Waals surface area contributed by atoms with E-state index in [2.05, 4.69) is 18.9 Å². The maximum atomic E-state index is 5.81. The van der Waals surface area contributed by atoms with Crippen molar-refractivity contribution in [1.82, 2.24) is 4.90 Å². The molecular weight excluding hydrogens is 172 g/mol. The van der Waals surface area contributed by atoms with Gasteiger partial charge in [0.05, 0.1) is 0 Å². The molecule has 0 amide bonds. The first-order valence-electron chi connectivity index (χ1n) is 6.21. The quantitative estimate of drug-likeness (QED) is 0.607. The van der Waals surface area contributed by atoms with Crippen LogP contribution in [0, 0.1) is 0 Å². The number of likely N-dealkylation sites (N-methyl/N-ethyl adjacent to an activating group) is 1. The van der Waals surface area contributed by atoms with Crippen LogP contribution in [0.3, 0.4) is 0 Å². The van der Waals surface area contributed by atoms with Gasteiger partial charge in [0.15, 0.2) is 0 Å². The van der Waals surface area contributed by atoms with Crippen molar-refractivity contribution in [3.8, 4) is 0 Å². The van der Waals surface area contributed by atoms with Gasteiger partial charge in [-0.05, 0) is 26.3 Å². The molecule has 0 aliphatic heterocycles. The SMILES string of the molecule is CCCCCCC(CN)N(C)C1CC1. The number of hydrogen-bond acceptors (Lipinski definition) is 2. The Kier molecular flexibility index (Phi) is 5.49. The fourth-order valence-electron chi connectivity index (χ4n) is 2.07. The molecule has 2 N–H and O–H groups in total. The predicted octanol–water partition coefficient (Wildman–Crippen LogP) is 2.38. The molecule has 14 heavy (non-hydrogen) atoms. The van der Waals surface area contributed by atoms with Gasteiger partial charge in [0.25, 0.3) is 0 Å². The Balaban J connectivity index is 2.10. The number of unbranched alkanes of at least 4 members (excludes halogenated alkanes) is 3. The van der Waals surface area contributed by atoms with Crippen molar-refractivity contribution in [2.75, 3.05) is 13.6 Å². The van der Waals surface area contributed by atoms with Crippen LogP contribution in [-0.2, 0) is 0 Å². The lowest BCUT2D eigenvalue weighted by Gasteiger charge is -2.26. The molecule has 1 rings (SSSR count). The molecule has 0 bridgehead atoms. The molecule has 2 nitrogen and oxygen atoms in total. The summed E-state index contributed by atoms with van der Waals surface area (Å²) in [4.78, 5) is 2.51. The van der Waals surface area contributed by atoms with Crippen LogP contribution in [0.15, 0.2) is 0 Å². The van der Waals surface area contributed by atoms with Gasteiger partial charge in [-0.25, -0.2) is 0 Å². The summed E-state index contributed by atoms with van der Waals surface area (Å²) in [6, 6.07) is 1.49. The second-order valence-corrected chi connectivity index (χ2v) is 4.64. The molecule has 1 atom stereocenters. The van der Waals surface area contributed by atoms with Crippen molar-refractivity contribution in [2.24, 2.45) is 5.73 Å². The maximum absolute atomic E-state index is 5.81. The highest BCUT2D eigenvalue weighted by Crippen LogP contribution is 2.28. The summed E-state index contributed by atoms with van der Waals surface area (Å²) in [6.07, 6.45) is 9.52. The smallest absolute Gasteiger partial charge is 0.0218 e. The molecule has 1 saturated carbocycles. The van der Waals surface area contributed by atoms with Crippen molar-refractivity contribution in [3.63, 3.8) is 0 Å². The summed E-state index contributed by atoms with van der Waals surface area (Å²) >= 11 is 0. The van der Waals surface area contributed by atoms with E-state index in [0.717, 1.165) is 12.6 Å². The van der Waals surface area contributed by atoms with Gasteiger partial charge >= 0.3 is 0 Å². The van der Waals surface area contributed by atoms with E-state index >= 15 is 0 Å². The van der Waals surface area contributed by atoms with Gasteiger partial charge < -0.3 is 5.73 Å². The number of hydrogen-bond donors (Lipinski definition) is 1. The van der Waals surface area contributed by atoms with Crippen LogP contribution >= 0.6 is 0 Å². The Morgan fingerprint density at radius 2 is 2.00 bits per heavy atom. The van der Waals surface area contributed by atoms with Crippen LogP contribution < -0.4 is 5.73 Å². The van der Waals surface area contributed by atoms with E-state index in [1.165, 1.54) is 44.9 Å². The van der Waals surface area contributed by atoms with Gasteiger partial charge in [0, 0.05) is 18.6 Å². The third-order valence-corrected chi connectivity index (χ3v) is 3.36. The minimum atomic E-state index is 0.638. The first-order chi connectivity index (χ1) is 6.79. The van der Waals surface area contributed by atoms with E-state index in [0.29, 0.717) is 6.04 Å². The Bertz CT molecular complexity index is 143. The van der Waals surface area contributed by atoms with Gasteiger partial charge in [-0.15, -0.1) is 0 Å². The average Bonchev–Trinajstić information content (AvgIpc) is 3.00. The van der Waals surface area contributed by atoms with E-state index in [-0.39, 0.29) is 0 Å². The van der Waals surface area contributed by atoms with Gasteiger partial charge in [-0.2, -0.15) is 0 Å². The standard InChI is InChI=1S/C12H26N2/c1-3-4-5-6-7-12(10-13)14(2)11-8-9-11/h11-12H,3-10,13H2,1-2H3. The molecule has 1 aliphatic carbocycles. The third kappa shape index (κ3) is 3.97. The average molecular weight is 198 g/mol. The zero-order valence-corrected chi connectivity index (χ0v) is 9.84. The minimum Gasteiger partial charge on any atom is -0.329 e. The van der Waals surface area contributed by atoms with Gasteiger partial charge in [0.2, 0.25) is 0 Å². The van der Waals surface area contributed by atoms with Crippen LogP contribution in [0.5, 0.6) is 0 Å². The highest BCUT2D eigenvalue weighted by molar-refractivity contribution is 4.86. The number of rotatable bonds is 8. The van der Waals surface area contributed by atoms with Crippen LogP contribution in [0.2, 0.25) is 0 Å². The molecule has 1 fully saturated rings. The summed E-state index contributed by atoms with van der Waals surface area (Å²) in [5, 5.41) is 0. The molecular formula is C12H26N2. The lowest BCUT2D eigenvalue weighted by molar-refractivity contribution is 0.221. The van der Waals surface area contributed by atoms with Crippen LogP contribution in [0.25, 0.3) is 0 Å². The monoisotopic (exact) mass is 198 g/mol. The second kappa shape index (κ2) is 6.41. The molecule has 0 aromatic rings. The molecule has 0 aromatic heterocycles. The number of nitrogens with zero attached hydrogens (tertiary/aromatic N) is 1. The molecule has 0 radical (unpaired) electrons. The molecule has 0 heterocycles. The van der Waals surface area contributed by atoms with Gasteiger partial charge in [-0.1, -0.05) is 32.6 Å². The van der Waals surface area contributed by atoms with Crippen LogP contribution in [-0.4, -0.2) is 30.6 Å². The van der Waals surface area contributed by atoms with Crippen molar-refractivity contribution < 1.29 is 0 Å². The summed E-state index contributed by atoms with van der Waals surface area (Å²) in [5.41, 5.74) is 5.81. The van der Waals surface area contributed by atoms with Gasteiger partial charge in [-0.3, -0.25) is 4.90 Å². The van der Waals surface area contributed by atoms with Crippen molar-refractivity contribution in [3.05, 3.63) is 0 Å². The van der Waals surface area contributed by atoms with Crippen LogP contribution in [0.4, 0.5) is 0 Å². The summed E-state index contributed by atoms with van der Waals surface area (Å²) in [5.74, 6) is 0. The topological polar surface area (TPSA) is 29.3 Å². The zero-order chi connectivity index (χ0) is 10.4. The summed E-state index contributed by atoms with van der Waals surface area (Å²) < 4.78 is 0. The highest BCUT2D eigenvalue weighted by atomic mass is 15.2. The molecule has 2 heteroatoms. The predicted molar refractivity (Wildman–Crippen MR) is 62.4 cm³/mol. The number of nitrogens with two attached hydrogens (primary N) is 1. The summed E-state index contributed by atoms with van der Waals surface area (Å²) in [6.45, 7) is 3.09. The largest absolute Gasteiger partial charge is 0.329 e. The second-order valence-electron chi connectivity index (χ2n) is 4.64. The Hall–Kier alpha value is -0.0800. The highest BCUT2D eigenvalue weighted by Gasteiger charge is 2.29. The van der Waals surface area contributed by atoms with Crippen LogP contribution in [0.1, 0.15) is 51.9 Å². The maximum Gasteiger partial charge on any atom is 0.0218 e. The Labute approximate surface area is 88.8 Å². The van der Waals surface area contributed by atoms with Gasteiger partial charge in [0.1, 0.15) is 0 Å². The molecule has 0 aromatic carbocycles. The Morgan fingerprint density at radius 3 is 2.50 bits per heavy atom. The molecule has 0 saturated heterocycles. The third-order valence-electron chi connectivity index (χ3n) is 3.36. The van der Waals surface area contributed by atoms with Crippen molar-refractivity contribution in [2.45, 2.75) is 64.0 Å². The first kappa shape index (κ1) is 12.0. The molecule has 0 spiro atoms. The lowest BCUT2D eigenvalue weighted by Crippen LogP contribution is -2.39. The van der Waals surface area contributed by atoms with E-state index in [1.54, 1.807) is 0 Å². The summed E-state index contributed by atoms with van der Waals surface area (Å²) in [7, 11) is 2.25. The molecule has 84 valence electrons. The molecule has 1 unspecified atom stereocenters. The molecule has 1 aliphatic rings. The fraction of sp³-hybridized carbons (Fsp3) is 1.00. The van der Waals surface area contributed by atoms with Crippen molar-refractivity contribution in [1.29, 1.82) is 0 Å². The van der Waals surface area contributed by atoms with E-state index < -0.39 is 0 Å². The minimum absolute atomic E-state index is 0.638. The normalized spacial score (nSPS) is 18.9.